The highest BCUT2D eigenvalue weighted by molar-refractivity contribution is 9.11. The number of nitrogens with zero attached hydrogens (tertiary/aromatic N) is 3. The lowest BCUT2D eigenvalue weighted by atomic mass is 9.77. The number of carboxylic acid groups (broad SMARTS) is 1. The Hall–Kier alpha value is -2.20. The van der Waals surface area contributed by atoms with E-state index in [1.165, 1.54) is 11.3 Å². The number of thiazole rings is 1. The summed E-state index contributed by atoms with van der Waals surface area (Å²) in [4.78, 5) is 34.5. The summed E-state index contributed by atoms with van der Waals surface area (Å²) in [7, 11) is 0. The third-order valence-corrected chi connectivity index (χ3v) is 6.26. The van der Waals surface area contributed by atoms with Gasteiger partial charge in [0.1, 0.15) is 5.69 Å². The van der Waals surface area contributed by atoms with Gasteiger partial charge in [0, 0.05) is 18.1 Å². The summed E-state index contributed by atoms with van der Waals surface area (Å²) in [6, 6.07) is 1.56. The molecule has 29 heavy (non-hydrogen) atoms. The maximum absolute atomic E-state index is 12.6. The quantitative estimate of drug-likeness (QED) is 0.603. The Balaban J connectivity index is 1.93. The van der Waals surface area contributed by atoms with Crippen LogP contribution in [0.1, 0.15) is 44.1 Å². The Labute approximate surface area is 181 Å². The molecule has 3 heterocycles. The zero-order valence-electron chi connectivity index (χ0n) is 16.5. The number of pyridine rings is 1. The number of hydrogen-bond acceptors (Lipinski definition) is 6. The van der Waals surface area contributed by atoms with E-state index < -0.39 is 6.09 Å². The molecule has 156 valence electrons. The summed E-state index contributed by atoms with van der Waals surface area (Å²) in [5, 5.41) is 16.6. The lowest BCUT2D eigenvalue weighted by molar-refractivity contribution is 0.102. The van der Waals surface area contributed by atoms with Gasteiger partial charge < -0.3 is 20.6 Å². The highest BCUT2D eigenvalue weighted by atomic mass is 79.9. The van der Waals surface area contributed by atoms with E-state index in [9.17, 15) is 14.7 Å². The van der Waals surface area contributed by atoms with Crippen molar-refractivity contribution < 1.29 is 14.7 Å². The van der Waals surface area contributed by atoms with Crippen molar-refractivity contribution in [1.82, 2.24) is 15.3 Å². The molecule has 0 bridgehead atoms. The molecule has 0 aromatic carbocycles. The monoisotopic (exact) mass is 481 g/mol. The van der Waals surface area contributed by atoms with Gasteiger partial charge in [-0.15, -0.1) is 11.3 Å². The number of amides is 2. The molecule has 2 amide bonds. The van der Waals surface area contributed by atoms with Crippen molar-refractivity contribution in [2.24, 2.45) is 5.41 Å². The molecule has 0 aliphatic carbocycles. The fraction of sp³-hybridized carbons (Fsp3) is 0.474. The maximum atomic E-state index is 12.6. The fourth-order valence-corrected chi connectivity index (χ4v) is 4.91. The van der Waals surface area contributed by atoms with E-state index in [0.717, 1.165) is 25.1 Å². The van der Waals surface area contributed by atoms with E-state index in [1.54, 1.807) is 17.8 Å². The largest absolute Gasteiger partial charge is 0.465 e. The topological polar surface area (TPSA) is 107 Å². The van der Waals surface area contributed by atoms with Crippen LogP contribution in [0, 0.1) is 5.41 Å². The summed E-state index contributed by atoms with van der Waals surface area (Å²) < 4.78 is 0.639. The van der Waals surface area contributed by atoms with E-state index in [1.807, 2.05) is 6.07 Å². The fourth-order valence-electron chi connectivity index (χ4n) is 3.92. The van der Waals surface area contributed by atoms with Crippen molar-refractivity contribution in [1.29, 1.82) is 0 Å². The number of hydrogen-bond donors (Lipinski definition) is 3. The van der Waals surface area contributed by atoms with Gasteiger partial charge in [0.2, 0.25) is 0 Å². The minimum atomic E-state index is -1.02. The van der Waals surface area contributed by atoms with Gasteiger partial charge >= 0.3 is 6.09 Å². The summed E-state index contributed by atoms with van der Waals surface area (Å²) in [5.74, 6) is -0.314. The summed E-state index contributed by atoms with van der Waals surface area (Å²) in [6.07, 6.45) is 3.88. The predicted molar refractivity (Wildman–Crippen MR) is 117 cm³/mol. The number of carbonyl (C=O) groups is 2. The Bertz CT molecular complexity index is 898. The highest BCUT2D eigenvalue weighted by Gasteiger charge is 2.41. The van der Waals surface area contributed by atoms with Crippen LogP contribution in [0.2, 0.25) is 0 Å². The predicted octanol–water partition coefficient (Wildman–Crippen LogP) is 4.20. The van der Waals surface area contributed by atoms with Crippen LogP contribution in [0.3, 0.4) is 0 Å². The smallest absolute Gasteiger partial charge is 0.404 e. The molecule has 8 nitrogen and oxygen atoms in total. The lowest BCUT2D eigenvalue weighted by Gasteiger charge is -2.49. The van der Waals surface area contributed by atoms with Gasteiger partial charge in [0.25, 0.3) is 5.91 Å². The van der Waals surface area contributed by atoms with E-state index in [0.29, 0.717) is 15.3 Å². The number of nitrogens with one attached hydrogen (secondary N) is 2. The third-order valence-electron chi connectivity index (χ3n) is 4.89. The lowest BCUT2D eigenvalue weighted by Crippen LogP contribution is -2.60. The molecule has 3 rings (SSSR count). The standard InChI is InChI=1S/C19H24BrN5O3S/c1-19(2,3)15-11(24-18(27)28)5-4-8-25(15)14-6-7-21-9-12(14)22-16(26)13-10-29-17(20)23-13/h6-7,9-11,15,24H,4-5,8H2,1-3H3,(H,22,26)(H,27,28). The molecule has 2 unspecified atom stereocenters. The first-order valence-corrected chi connectivity index (χ1v) is 11.0. The van der Waals surface area contributed by atoms with Gasteiger partial charge in [-0.1, -0.05) is 20.8 Å². The molecular formula is C19H24BrN5O3S. The molecule has 0 spiro atoms. The summed E-state index contributed by atoms with van der Waals surface area (Å²) in [5.41, 5.74) is 1.53. The molecule has 0 radical (unpaired) electrons. The molecule has 2 aromatic rings. The van der Waals surface area contributed by atoms with Gasteiger partial charge in [-0.05, 0) is 40.3 Å². The maximum Gasteiger partial charge on any atom is 0.404 e. The molecule has 1 saturated heterocycles. The molecule has 1 aliphatic rings. The first-order valence-electron chi connectivity index (χ1n) is 9.29. The van der Waals surface area contributed by atoms with Crippen LogP contribution in [0.5, 0.6) is 0 Å². The number of anilines is 2. The molecule has 3 N–H and O–H groups in total. The normalized spacial score (nSPS) is 19.7. The zero-order valence-corrected chi connectivity index (χ0v) is 18.9. The first-order chi connectivity index (χ1) is 13.7. The van der Waals surface area contributed by atoms with Crippen LogP contribution in [-0.2, 0) is 0 Å². The summed E-state index contributed by atoms with van der Waals surface area (Å²) >= 11 is 4.61. The second-order valence-corrected chi connectivity index (χ2v) is 10.2. The molecule has 0 saturated carbocycles. The number of rotatable bonds is 4. The van der Waals surface area contributed by atoms with Crippen LogP contribution in [-0.4, -0.2) is 45.7 Å². The first kappa shape index (κ1) is 21.5. The van der Waals surface area contributed by atoms with E-state index in [-0.39, 0.29) is 23.4 Å². The minimum Gasteiger partial charge on any atom is -0.465 e. The van der Waals surface area contributed by atoms with Gasteiger partial charge in [0.05, 0.1) is 29.7 Å². The van der Waals surface area contributed by atoms with Crippen molar-refractivity contribution in [3.05, 3.63) is 33.5 Å². The Morgan fingerprint density at radius 2 is 2.14 bits per heavy atom. The van der Waals surface area contributed by atoms with Crippen molar-refractivity contribution in [3.8, 4) is 0 Å². The molecule has 10 heteroatoms. The SMILES string of the molecule is CC(C)(C)C1C(NC(=O)O)CCCN1c1ccncc1NC(=O)c1csc(Br)n1. The van der Waals surface area contributed by atoms with Crippen LogP contribution < -0.4 is 15.5 Å². The molecule has 1 fully saturated rings. The Morgan fingerprint density at radius 3 is 2.76 bits per heavy atom. The van der Waals surface area contributed by atoms with Gasteiger partial charge in [-0.3, -0.25) is 9.78 Å². The van der Waals surface area contributed by atoms with Crippen molar-refractivity contribution in [3.63, 3.8) is 0 Å². The van der Waals surface area contributed by atoms with Crippen molar-refractivity contribution in [2.45, 2.75) is 45.7 Å². The average molecular weight is 482 g/mol. The Kier molecular flexibility index (Phi) is 6.42. The van der Waals surface area contributed by atoms with E-state index in [2.05, 4.69) is 62.2 Å². The minimum absolute atomic E-state index is 0.0844. The second kappa shape index (κ2) is 8.66. The number of piperidine rings is 1. The third kappa shape index (κ3) is 5.05. The second-order valence-electron chi connectivity index (χ2n) is 8.04. The van der Waals surface area contributed by atoms with Crippen molar-refractivity contribution in [2.75, 3.05) is 16.8 Å². The van der Waals surface area contributed by atoms with Crippen LogP contribution in [0.15, 0.2) is 27.8 Å². The van der Waals surface area contributed by atoms with E-state index in [4.69, 9.17) is 0 Å². The van der Waals surface area contributed by atoms with Crippen LogP contribution in [0.4, 0.5) is 16.2 Å². The molecular weight excluding hydrogens is 458 g/mol. The zero-order chi connectivity index (χ0) is 21.2. The average Bonchev–Trinajstić information content (AvgIpc) is 3.07. The van der Waals surface area contributed by atoms with Crippen molar-refractivity contribution >= 4 is 50.6 Å². The molecule has 2 atom stereocenters. The number of aromatic nitrogens is 2. The van der Waals surface area contributed by atoms with Gasteiger partial charge in [-0.25, -0.2) is 9.78 Å². The van der Waals surface area contributed by atoms with Gasteiger partial charge in [0.15, 0.2) is 3.92 Å². The molecule has 1 aliphatic heterocycles. The Morgan fingerprint density at radius 1 is 1.38 bits per heavy atom. The number of carbonyl (C=O) groups excluding carboxylic acids is 1. The highest BCUT2D eigenvalue weighted by Crippen LogP contribution is 2.38. The van der Waals surface area contributed by atoms with Crippen LogP contribution >= 0.6 is 27.3 Å². The van der Waals surface area contributed by atoms with E-state index >= 15 is 0 Å². The number of halogens is 1. The summed E-state index contributed by atoms with van der Waals surface area (Å²) in [6.45, 7) is 7.05. The van der Waals surface area contributed by atoms with Gasteiger partial charge in [-0.2, -0.15) is 0 Å². The van der Waals surface area contributed by atoms with Crippen LogP contribution in [0.25, 0.3) is 0 Å². The molecule has 2 aromatic heterocycles.